The van der Waals surface area contributed by atoms with Gasteiger partial charge in [0.1, 0.15) is 19.0 Å². The fraction of sp³-hybridized carbons (Fsp3) is 0.105. The number of ether oxygens (including phenoxy) is 1. The number of carbonyl (C=O) groups is 3. The molecule has 0 saturated heterocycles. The maximum absolute atomic E-state index is 12.2. The van der Waals surface area contributed by atoms with Gasteiger partial charge < -0.3 is 9.72 Å². The summed E-state index contributed by atoms with van der Waals surface area (Å²) in [5.74, 6) is -1.68. The van der Waals surface area contributed by atoms with E-state index in [2.05, 4.69) is 9.97 Å². The van der Waals surface area contributed by atoms with Crippen LogP contribution in [0.1, 0.15) is 26.5 Å². The highest BCUT2D eigenvalue weighted by atomic mass is 16.5. The number of amides is 2. The van der Waals surface area contributed by atoms with Crippen LogP contribution in [0.15, 0.2) is 53.3 Å². The second-order valence-corrected chi connectivity index (χ2v) is 5.93. The molecule has 0 aliphatic carbocycles. The van der Waals surface area contributed by atoms with Crippen LogP contribution in [0, 0.1) is 0 Å². The molecule has 0 fully saturated rings. The van der Waals surface area contributed by atoms with Crippen molar-refractivity contribution in [2.75, 3.05) is 6.54 Å². The molecule has 0 unspecified atom stereocenters. The Bertz CT molecular complexity index is 1120. The minimum atomic E-state index is -0.777. The first kappa shape index (κ1) is 16.6. The molecule has 2 amide bonds. The van der Waals surface area contributed by atoms with Crippen molar-refractivity contribution in [1.82, 2.24) is 14.9 Å². The molecule has 0 radical (unpaired) electrons. The van der Waals surface area contributed by atoms with E-state index >= 15 is 0 Å². The number of hydrogen-bond acceptors (Lipinski definition) is 6. The Balaban J connectivity index is 1.45. The molecule has 8 nitrogen and oxygen atoms in total. The normalized spacial score (nSPS) is 13.1. The monoisotopic (exact) mass is 363 g/mol. The second-order valence-electron chi connectivity index (χ2n) is 5.93. The molecule has 2 heterocycles. The van der Waals surface area contributed by atoms with Crippen LogP contribution >= 0.6 is 0 Å². The minimum Gasteiger partial charge on any atom is -0.456 e. The van der Waals surface area contributed by atoms with Gasteiger partial charge in [0, 0.05) is 0 Å². The lowest BCUT2D eigenvalue weighted by molar-refractivity contribution is -0.145. The van der Waals surface area contributed by atoms with Gasteiger partial charge in [0.15, 0.2) is 0 Å². The lowest BCUT2D eigenvalue weighted by atomic mass is 10.1. The van der Waals surface area contributed by atoms with E-state index in [4.69, 9.17) is 4.74 Å². The predicted molar refractivity (Wildman–Crippen MR) is 94.0 cm³/mol. The molecule has 8 heteroatoms. The molecule has 0 bridgehead atoms. The Labute approximate surface area is 152 Å². The Morgan fingerprint density at radius 2 is 1.59 bits per heavy atom. The molecule has 1 aromatic heterocycles. The standard InChI is InChI=1S/C19H13N3O5/c23-16(9-22-18(25)11-5-1-2-6-12(11)19(22)26)27-10-15-20-14-8-4-3-7-13(14)17(24)21-15/h1-8H,9-10H2,(H,20,21,24). The minimum absolute atomic E-state index is 0.175. The fourth-order valence-corrected chi connectivity index (χ4v) is 2.91. The van der Waals surface area contributed by atoms with Crippen molar-refractivity contribution in [1.29, 1.82) is 0 Å². The van der Waals surface area contributed by atoms with Gasteiger partial charge in [-0.05, 0) is 24.3 Å². The summed E-state index contributed by atoms with van der Waals surface area (Å²) >= 11 is 0. The first-order valence-corrected chi connectivity index (χ1v) is 8.13. The third-order valence-corrected chi connectivity index (χ3v) is 4.20. The van der Waals surface area contributed by atoms with Crippen LogP contribution in [0.5, 0.6) is 0 Å². The smallest absolute Gasteiger partial charge is 0.326 e. The van der Waals surface area contributed by atoms with Crippen molar-refractivity contribution in [3.63, 3.8) is 0 Å². The lowest BCUT2D eigenvalue weighted by Crippen LogP contribution is -2.35. The average Bonchev–Trinajstić information content (AvgIpc) is 2.92. The largest absolute Gasteiger partial charge is 0.456 e. The Morgan fingerprint density at radius 1 is 0.963 bits per heavy atom. The van der Waals surface area contributed by atoms with Gasteiger partial charge in [0.25, 0.3) is 17.4 Å². The number of hydrogen-bond donors (Lipinski definition) is 1. The number of benzene rings is 2. The van der Waals surface area contributed by atoms with Crippen molar-refractivity contribution in [3.8, 4) is 0 Å². The first-order chi connectivity index (χ1) is 13.0. The molecule has 2 aromatic carbocycles. The maximum Gasteiger partial charge on any atom is 0.326 e. The third kappa shape index (κ3) is 2.97. The number of rotatable bonds is 4. The molecular formula is C19H13N3O5. The molecule has 1 aliphatic heterocycles. The van der Waals surface area contributed by atoms with E-state index in [1.54, 1.807) is 36.4 Å². The zero-order chi connectivity index (χ0) is 19.0. The van der Waals surface area contributed by atoms with Gasteiger partial charge >= 0.3 is 5.97 Å². The van der Waals surface area contributed by atoms with Crippen LogP contribution in [0.25, 0.3) is 10.9 Å². The van der Waals surface area contributed by atoms with Gasteiger partial charge in [-0.3, -0.25) is 24.1 Å². The quantitative estimate of drug-likeness (QED) is 0.552. The zero-order valence-electron chi connectivity index (χ0n) is 14.0. The molecule has 0 spiro atoms. The summed E-state index contributed by atoms with van der Waals surface area (Å²) < 4.78 is 5.07. The van der Waals surface area contributed by atoms with Gasteiger partial charge in [-0.1, -0.05) is 24.3 Å². The number of fused-ring (bicyclic) bond motifs is 2. The summed E-state index contributed by atoms with van der Waals surface area (Å²) in [5, 5.41) is 0.429. The Hall–Kier alpha value is -3.81. The predicted octanol–water partition coefficient (Wildman–Crippen LogP) is 1.26. The van der Waals surface area contributed by atoms with Crippen LogP contribution in [0.4, 0.5) is 0 Å². The molecule has 27 heavy (non-hydrogen) atoms. The summed E-state index contributed by atoms with van der Waals surface area (Å²) in [6.07, 6.45) is 0. The summed E-state index contributed by atoms with van der Waals surface area (Å²) in [6.45, 7) is -0.785. The molecule has 134 valence electrons. The van der Waals surface area contributed by atoms with E-state index < -0.39 is 24.3 Å². The number of carbonyl (C=O) groups excluding carboxylic acids is 3. The number of aromatic nitrogens is 2. The molecule has 0 saturated carbocycles. The van der Waals surface area contributed by atoms with Crippen molar-refractivity contribution in [2.45, 2.75) is 6.61 Å². The zero-order valence-corrected chi connectivity index (χ0v) is 14.0. The Morgan fingerprint density at radius 3 is 2.30 bits per heavy atom. The molecular weight excluding hydrogens is 350 g/mol. The number of nitrogens with one attached hydrogen (secondary N) is 1. The van der Waals surface area contributed by atoms with Gasteiger partial charge in [0.05, 0.1) is 22.0 Å². The number of nitrogens with zero attached hydrogens (tertiary/aromatic N) is 2. The van der Waals surface area contributed by atoms with E-state index in [1.165, 1.54) is 12.1 Å². The number of H-pyrrole nitrogens is 1. The van der Waals surface area contributed by atoms with Crippen LogP contribution < -0.4 is 5.56 Å². The molecule has 1 N–H and O–H groups in total. The highest BCUT2D eigenvalue weighted by molar-refractivity contribution is 6.22. The van der Waals surface area contributed by atoms with Gasteiger partial charge in [-0.15, -0.1) is 0 Å². The topological polar surface area (TPSA) is 109 Å². The van der Waals surface area contributed by atoms with Crippen LogP contribution in [0.2, 0.25) is 0 Å². The second kappa shape index (κ2) is 6.49. The molecule has 3 aromatic rings. The van der Waals surface area contributed by atoms with E-state index in [9.17, 15) is 19.2 Å². The molecule has 1 aliphatic rings. The van der Waals surface area contributed by atoms with Crippen molar-refractivity contribution < 1.29 is 19.1 Å². The van der Waals surface area contributed by atoms with E-state index in [1.807, 2.05) is 0 Å². The van der Waals surface area contributed by atoms with E-state index in [0.717, 1.165) is 4.90 Å². The first-order valence-electron chi connectivity index (χ1n) is 8.13. The highest BCUT2D eigenvalue weighted by Gasteiger charge is 2.36. The maximum atomic E-state index is 12.2. The molecule has 4 rings (SSSR count). The summed E-state index contributed by atoms with van der Waals surface area (Å²) in [4.78, 5) is 56.2. The lowest BCUT2D eigenvalue weighted by Gasteiger charge is -2.13. The summed E-state index contributed by atoms with van der Waals surface area (Å²) in [5.41, 5.74) is 0.659. The van der Waals surface area contributed by atoms with E-state index in [0.29, 0.717) is 10.9 Å². The van der Waals surface area contributed by atoms with Gasteiger partial charge in [0.2, 0.25) is 0 Å². The summed E-state index contributed by atoms with van der Waals surface area (Å²) in [7, 11) is 0. The van der Waals surface area contributed by atoms with Crippen molar-refractivity contribution >= 4 is 28.7 Å². The van der Waals surface area contributed by atoms with Crippen LogP contribution in [-0.4, -0.2) is 39.2 Å². The highest BCUT2D eigenvalue weighted by Crippen LogP contribution is 2.22. The average molecular weight is 363 g/mol. The fourth-order valence-electron chi connectivity index (χ4n) is 2.91. The van der Waals surface area contributed by atoms with Crippen molar-refractivity contribution in [2.24, 2.45) is 0 Å². The van der Waals surface area contributed by atoms with Crippen LogP contribution in [-0.2, 0) is 16.1 Å². The number of esters is 1. The number of imide groups is 1. The number of para-hydroxylation sites is 1. The van der Waals surface area contributed by atoms with Gasteiger partial charge in [-0.2, -0.15) is 0 Å². The third-order valence-electron chi connectivity index (χ3n) is 4.20. The van der Waals surface area contributed by atoms with E-state index in [-0.39, 0.29) is 29.1 Å². The van der Waals surface area contributed by atoms with Crippen LogP contribution in [0.3, 0.4) is 0 Å². The SMILES string of the molecule is O=C(CN1C(=O)c2ccccc2C1=O)OCc1nc2ccccc2c(=O)[nH]1. The molecule has 0 atom stereocenters. The van der Waals surface area contributed by atoms with Crippen molar-refractivity contribution in [3.05, 3.63) is 75.8 Å². The number of aromatic amines is 1. The van der Waals surface area contributed by atoms with Gasteiger partial charge in [-0.25, -0.2) is 4.98 Å². The Kier molecular flexibility index (Phi) is 4.00. The summed E-state index contributed by atoms with van der Waals surface area (Å²) in [6, 6.07) is 13.1.